The predicted molar refractivity (Wildman–Crippen MR) is 96.5 cm³/mol. The molecule has 2 aromatic rings. The molecule has 0 aliphatic carbocycles. The van der Waals surface area contributed by atoms with Gasteiger partial charge in [0.2, 0.25) is 5.91 Å². The van der Waals surface area contributed by atoms with Crippen molar-refractivity contribution in [3.05, 3.63) is 47.6 Å². The van der Waals surface area contributed by atoms with E-state index in [-0.39, 0.29) is 11.7 Å². The first-order chi connectivity index (χ1) is 11.2. The third-order valence-electron chi connectivity index (χ3n) is 3.69. The fourth-order valence-electron chi connectivity index (χ4n) is 2.54. The van der Waals surface area contributed by atoms with Crippen molar-refractivity contribution in [2.24, 2.45) is 0 Å². The molecule has 1 aromatic heterocycles. The van der Waals surface area contributed by atoms with E-state index < -0.39 is 0 Å². The van der Waals surface area contributed by atoms with Crippen LogP contribution < -0.4 is 10.2 Å². The number of anilines is 2. The quantitative estimate of drug-likeness (QED) is 0.828. The second kappa shape index (κ2) is 7.70. The Hall–Kier alpha value is -1.72. The zero-order valence-corrected chi connectivity index (χ0v) is 14.2. The van der Waals surface area contributed by atoms with Crippen molar-refractivity contribution < 1.29 is 4.79 Å². The van der Waals surface area contributed by atoms with Crippen LogP contribution in [0.2, 0.25) is 5.02 Å². The summed E-state index contributed by atoms with van der Waals surface area (Å²) in [6, 6.07) is 11.6. The highest BCUT2D eigenvalue weighted by molar-refractivity contribution is 8.00. The summed E-state index contributed by atoms with van der Waals surface area (Å²) in [5, 5.41) is 4.14. The molecule has 2 heterocycles. The Morgan fingerprint density at radius 2 is 1.96 bits per heavy atom. The fraction of sp³-hybridized carbons (Fsp3) is 0.294. The van der Waals surface area contributed by atoms with Gasteiger partial charge in [-0.25, -0.2) is 4.98 Å². The zero-order chi connectivity index (χ0) is 16.1. The van der Waals surface area contributed by atoms with Gasteiger partial charge in [-0.2, -0.15) is 0 Å². The summed E-state index contributed by atoms with van der Waals surface area (Å²) in [6.07, 6.45) is 4.18. The molecule has 4 nitrogen and oxygen atoms in total. The Balaban J connectivity index is 1.52. The molecule has 23 heavy (non-hydrogen) atoms. The minimum atomic E-state index is -0.0642. The van der Waals surface area contributed by atoms with Crippen molar-refractivity contribution in [1.29, 1.82) is 0 Å². The summed E-state index contributed by atoms with van der Waals surface area (Å²) < 4.78 is 0. The number of carbonyl (C=O) groups is 1. The molecule has 0 radical (unpaired) electrons. The lowest BCUT2D eigenvalue weighted by molar-refractivity contribution is -0.113. The van der Waals surface area contributed by atoms with Gasteiger partial charge in [0.1, 0.15) is 5.03 Å². The average molecular weight is 348 g/mol. The summed E-state index contributed by atoms with van der Waals surface area (Å²) in [7, 11) is 0. The first-order valence-electron chi connectivity index (χ1n) is 7.60. The molecule has 3 rings (SSSR count). The molecule has 0 bridgehead atoms. The van der Waals surface area contributed by atoms with Gasteiger partial charge in [-0.05, 0) is 49.2 Å². The monoisotopic (exact) mass is 347 g/mol. The van der Waals surface area contributed by atoms with Crippen molar-refractivity contribution in [3.63, 3.8) is 0 Å². The number of hydrogen-bond acceptors (Lipinski definition) is 4. The van der Waals surface area contributed by atoms with E-state index in [1.807, 2.05) is 12.1 Å². The molecule has 1 fully saturated rings. The highest BCUT2D eigenvalue weighted by Gasteiger charge is 2.12. The van der Waals surface area contributed by atoms with E-state index in [1.54, 1.807) is 18.3 Å². The van der Waals surface area contributed by atoms with Crippen molar-refractivity contribution in [3.8, 4) is 0 Å². The van der Waals surface area contributed by atoms with Crippen LogP contribution in [-0.2, 0) is 4.79 Å². The Morgan fingerprint density at radius 3 is 2.65 bits per heavy atom. The molecule has 1 aliphatic heterocycles. The summed E-state index contributed by atoms with van der Waals surface area (Å²) in [5.41, 5.74) is 2.03. The van der Waals surface area contributed by atoms with Gasteiger partial charge in [-0.3, -0.25) is 4.79 Å². The molecule has 0 unspecified atom stereocenters. The maximum atomic E-state index is 12.0. The van der Waals surface area contributed by atoms with Gasteiger partial charge in [0.05, 0.1) is 10.8 Å². The molecule has 120 valence electrons. The highest BCUT2D eigenvalue weighted by Crippen LogP contribution is 2.25. The van der Waals surface area contributed by atoms with Crippen molar-refractivity contribution in [2.75, 3.05) is 29.1 Å². The maximum Gasteiger partial charge on any atom is 0.234 e. The number of amides is 1. The molecule has 1 aliphatic rings. The van der Waals surface area contributed by atoms with E-state index >= 15 is 0 Å². The lowest BCUT2D eigenvalue weighted by atomic mass is 10.2. The van der Waals surface area contributed by atoms with Gasteiger partial charge in [0.15, 0.2) is 0 Å². The topological polar surface area (TPSA) is 45.2 Å². The Kier molecular flexibility index (Phi) is 5.41. The van der Waals surface area contributed by atoms with Crippen LogP contribution in [0.4, 0.5) is 11.4 Å². The van der Waals surface area contributed by atoms with E-state index in [9.17, 15) is 4.79 Å². The molecule has 0 spiro atoms. The van der Waals surface area contributed by atoms with E-state index in [0.29, 0.717) is 10.0 Å². The molecule has 0 atom stereocenters. The standard InChI is InChI=1S/C17H18ClN3OS/c18-15-4-3-9-19-17(15)23-12-16(22)20-13-5-7-14(8-6-13)21-10-1-2-11-21/h3-9H,1-2,10-12H2,(H,20,22). The van der Waals surface area contributed by atoms with Gasteiger partial charge in [0, 0.05) is 30.7 Å². The lowest BCUT2D eigenvalue weighted by Crippen LogP contribution is -2.18. The number of nitrogens with zero attached hydrogens (tertiary/aromatic N) is 2. The largest absolute Gasteiger partial charge is 0.372 e. The lowest BCUT2D eigenvalue weighted by Gasteiger charge is -2.17. The van der Waals surface area contributed by atoms with Crippen LogP contribution in [0.25, 0.3) is 0 Å². The molecular formula is C17H18ClN3OS. The molecule has 1 saturated heterocycles. The Labute approximate surface area is 145 Å². The third-order valence-corrected chi connectivity index (χ3v) is 5.11. The van der Waals surface area contributed by atoms with Crippen molar-refractivity contribution in [2.45, 2.75) is 17.9 Å². The van der Waals surface area contributed by atoms with Crippen LogP contribution >= 0.6 is 23.4 Å². The number of pyridine rings is 1. The minimum absolute atomic E-state index is 0.0642. The number of carbonyl (C=O) groups excluding carboxylic acids is 1. The summed E-state index contributed by atoms with van der Waals surface area (Å²) in [4.78, 5) is 18.5. The first-order valence-corrected chi connectivity index (χ1v) is 8.97. The van der Waals surface area contributed by atoms with Gasteiger partial charge in [0.25, 0.3) is 0 Å². The molecule has 1 N–H and O–H groups in total. The third kappa shape index (κ3) is 4.39. The number of halogens is 1. The van der Waals surface area contributed by atoms with Gasteiger partial charge >= 0.3 is 0 Å². The second-order valence-electron chi connectivity index (χ2n) is 5.37. The number of aromatic nitrogens is 1. The normalized spacial score (nSPS) is 14.0. The van der Waals surface area contributed by atoms with Crippen LogP contribution in [0.5, 0.6) is 0 Å². The van der Waals surface area contributed by atoms with Crippen LogP contribution in [0.3, 0.4) is 0 Å². The second-order valence-corrected chi connectivity index (χ2v) is 6.74. The number of thioether (sulfide) groups is 1. The van der Waals surface area contributed by atoms with Gasteiger partial charge < -0.3 is 10.2 Å². The Morgan fingerprint density at radius 1 is 1.22 bits per heavy atom. The summed E-state index contributed by atoms with van der Waals surface area (Å²) in [5.74, 6) is 0.218. The van der Waals surface area contributed by atoms with Gasteiger partial charge in [-0.15, -0.1) is 0 Å². The molecule has 6 heteroatoms. The summed E-state index contributed by atoms with van der Waals surface area (Å²) >= 11 is 7.36. The zero-order valence-electron chi connectivity index (χ0n) is 12.7. The maximum absolute atomic E-state index is 12.0. The van der Waals surface area contributed by atoms with Crippen LogP contribution in [0.15, 0.2) is 47.6 Å². The van der Waals surface area contributed by atoms with E-state index in [1.165, 1.54) is 30.3 Å². The van der Waals surface area contributed by atoms with Gasteiger partial charge in [-0.1, -0.05) is 23.4 Å². The fourth-order valence-corrected chi connectivity index (χ4v) is 3.51. The molecule has 0 saturated carbocycles. The highest BCUT2D eigenvalue weighted by atomic mass is 35.5. The van der Waals surface area contributed by atoms with Crippen molar-refractivity contribution in [1.82, 2.24) is 4.98 Å². The van der Waals surface area contributed by atoms with Crippen LogP contribution in [0.1, 0.15) is 12.8 Å². The Bertz CT molecular complexity index is 672. The molecule has 1 amide bonds. The average Bonchev–Trinajstić information content (AvgIpc) is 3.09. The van der Waals surface area contributed by atoms with E-state index in [2.05, 4.69) is 27.3 Å². The number of hydrogen-bond donors (Lipinski definition) is 1. The molecule has 1 aromatic carbocycles. The molecular weight excluding hydrogens is 330 g/mol. The SMILES string of the molecule is O=C(CSc1ncccc1Cl)Nc1ccc(N2CCCC2)cc1. The number of nitrogens with one attached hydrogen (secondary N) is 1. The number of benzene rings is 1. The predicted octanol–water partition coefficient (Wildman–Crippen LogP) is 4.07. The smallest absolute Gasteiger partial charge is 0.234 e. The first kappa shape index (κ1) is 16.1. The van der Waals surface area contributed by atoms with Crippen LogP contribution in [0, 0.1) is 0 Å². The summed E-state index contributed by atoms with van der Waals surface area (Å²) in [6.45, 7) is 2.24. The van der Waals surface area contributed by atoms with E-state index in [4.69, 9.17) is 11.6 Å². The van der Waals surface area contributed by atoms with E-state index in [0.717, 1.165) is 18.8 Å². The number of rotatable bonds is 5. The van der Waals surface area contributed by atoms with Crippen molar-refractivity contribution >= 4 is 40.6 Å². The minimum Gasteiger partial charge on any atom is -0.372 e. The van der Waals surface area contributed by atoms with Crippen LogP contribution in [-0.4, -0.2) is 29.7 Å².